The Kier molecular flexibility index (Phi) is 8.75. The number of phenolic OH excluding ortho intramolecular Hbond substituents is 1. The van der Waals surface area contributed by atoms with E-state index in [1.54, 1.807) is 55.7 Å². The van der Waals surface area contributed by atoms with Gasteiger partial charge in [-0.05, 0) is 37.3 Å². The van der Waals surface area contributed by atoms with Crippen LogP contribution < -0.4 is 15.4 Å². The summed E-state index contributed by atoms with van der Waals surface area (Å²) in [6.45, 7) is 5.88. The Hall–Kier alpha value is -4.77. The number of rotatable bonds is 11. The minimum atomic E-state index is -0.989. The molecular weight excluding hydrogens is 512 g/mol. The van der Waals surface area contributed by atoms with Gasteiger partial charge in [0.05, 0.1) is 41.4 Å². The molecule has 0 aliphatic rings. The van der Waals surface area contributed by atoms with Crippen LogP contribution in [0.3, 0.4) is 0 Å². The first-order valence-corrected chi connectivity index (χ1v) is 12.7. The Morgan fingerprint density at radius 2 is 1.85 bits per heavy atom. The van der Waals surface area contributed by atoms with Crippen molar-refractivity contribution < 1.29 is 24.2 Å². The molecule has 4 aromatic rings. The number of hydrogen-bond donors (Lipinski definition) is 4. The van der Waals surface area contributed by atoms with Crippen LogP contribution >= 0.6 is 0 Å². The Balaban J connectivity index is 1.32. The summed E-state index contributed by atoms with van der Waals surface area (Å²) in [4.78, 5) is 41.5. The van der Waals surface area contributed by atoms with Gasteiger partial charge in [0.15, 0.2) is 0 Å². The van der Waals surface area contributed by atoms with Gasteiger partial charge in [-0.3, -0.25) is 14.6 Å². The molecule has 1 atom stereocenters. The number of amides is 2. The van der Waals surface area contributed by atoms with Gasteiger partial charge in [-0.1, -0.05) is 26.0 Å². The Morgan fingerprint density at radius 3 is 2.52 bits per heavy atom. The number of aromatic amines is 1. The summed E-state index contributed by atoms with van der Waals surface area (Å²) >= 11 is 0. The summed E-state index contributed by atoms with van der Waals surface area (Å²) in [6, 6.07) is 13.1. The zero-order valence-corrected chi connectivity index (χ0v) is 22.8. The topological polar surface area (TPSA) is 151 Å². The monoisotopic (exact) mass is 544 g/mol. The van der Waals surface area contributed by atoms with Crippen molar-refractivity contribution in [3.63, 3.8) is 0 Å². The molecule has 0 aliphatic heterocycles. The normalized spacial score (nSPS) is 12.5. The summed E-state index contributed by atoms with van der Waals surface area (Å²) in [5, 5.41) is 15.3. The first kappa shape index (κ1) is 28.2. The number of hydrogen-bond acceptors (Lipinski definition) is 8. The van der Waals surface area contributed by atoms with E-state index < -0.39 is 11.5 Å². The number of phenols is 1. The molecule has 4 rings (SSSR count). The Morgan fingerprint density at radius 1 is 1.05 bits per heavy atom. The SMILES string of the molecule is COC(C)(CNC(=O)c1ccccc1O)CC(=O)Nc1ccc(Oc2ccnc(-c3cnc(C(C)C)[nH]3)c2)cn1. The molecule has 2 amide bonds. The molecule has 11 nitrogen and oxygen atoms in total. The molecule has 11 heteroatoms. The van der Waals surface area contributed by atoms with E-state index in [0.29, 0.717) is 23.0 Å². The number of H-pyrrole nitrogens is 1. The third kappa shape index (κ3) is 7.20. The van der Waals surface area contributed by atoms with Crippen LogP contribution in [0.4, 0.5) is 5.82 Å². The lowest BCUT2D eigenvalue weighted by molar-refractivity contribution is -0.121. The minimum Gasteiger partial charge on any atom is -0.507 e. The largest absolute Gasteiger partial charge is 0.507 e. The first-order valence-electron chi connectivity index (χ1n) is 12.7. The molecule has 0 radical (unpaired) electrons. The van der Waals surface area contributed by atoms with Crippen molar-refractivity contribution in [2.45, 2.75) is 38.7 Å². The molecule has 0 saturated carbocycles. The molecule has 40 heavy (non-hydrogen) atoms. The highest BCUT2D eigenvalue weighted by Crippen LogP contribution is 2.26. The van der Waals surface area contributed by atoms with Crippen molar-refractivity contribution in [1.82, 2.24) is 25.3 Å². The number of carbonyl (C=O) groups is 2. The minimum absolute atomic E-state index is 0.0452. The van der Waals surface area contributed by atoms with E-state index in [-0.39, 0.29) is 36.1 Å². The van der Waals surface area contributed by atoms with Crippen LogP contribution in [-0.2, 0) is 9.53 Å². The van der Waals surface area contributed by atoms with Gasteiger partial charge in [0.2, 0.25) is 5.91 Å². The third-order valence-corrected chi connectivity index (χ3v) is 6.19. The number of para-hydroxylation sites is 1. The number of aromatic hydroxyl groups is 1. The molecule has 1 aromatic carbocycles. The number of carbonyl (C=O) groups excluding carboxylic acids is 2. The van der Waals surface area contributed by atoms with Gasteiger partial charge >= 0.3 is 0 Å². The van der Waals surface area contributed by atoms with Crippen molar-refractivity contribution in [3.8, 4) is 28.6 Å². The van der Waals surface area contributed by atoms with Gasteiger partial charge in [0.1, 0.15) is 28.9 Å². The average Bonchev–Trinajstić information content (AvgIpc) is 3.44. The van der Waals surface area contributed by atoms with E-state index in [9.17, 15) is 14.7 Å². The molecule has 1 unspecified atom stereocenters. The second-order valence-corrected chi connectivity index (χ2v) is 9.77. The highest BCUT2D eigenvalue weighted by Gasteiger charge is 2.28. The fourth-order valence-corrected chi connectivity index (χ4v) is 3.79. The van der Waals surface area contributed by atoms with Crippen molar-refractivity contribution in [2.75, 3.05) is 19.0 Å². The number of aromatic nitrogens is 4. The number of ether oxygens (including phenoxy) is 2. The summed E-state index contributed by atoms with van der Waals surface area (Å²) in [7, 11) is 1.46. The van der Waals surface area contributed by atoms with Crippen LogP contribution in [-0.4, -0.2) is 56.1 Å². The predicted octanol–water partition coefficient (Wildman–Crippen LogP) is 4.65. The molecule has 3 heterocycles. The number of nitrogens with one attached hydrogen (secondary N) is 3. The van der Waals surface area contributed by atoms with Crippen LogP contribution in [0, 0.1) is 0 Å². The maximum Gasteiger partial charge on any atom is 0.255 e. The van der Waals surface area contributed by atoms with E-state index >= 15 is 0 Å². The van der Waals surface area contributed by atoms with Crippen LogP contribution in [0.1, 0.15) is 49.3 Å². The van der Waals surface area contributed by atoms with Gasteiger partial charge in [0, 0.05) is 31.8 Å². The zero-order chi connectivity index (χ0) is 28.7. The number of nitrogens with zero attached hydrogens (tertiary/aromatic N) is 3. The molecule has 0 spiro atoms. The van der Waals surface area contributed by atoms with Crippen LogP contribution in [0.2, 0.25) is 0 Å². The highest BCUT2D eigenvalue weighted by molar-refractivity contribution is 5.97. The maximum absolute atomic E-state index is 12.7. The van der Waals surface area contributed by atoms with Crippen LogP contribution in [0.5, 0.6) is 17.2 Å². The molecule has 0 bridgehead atoms. The van der Waals surface area contributed by atoms with Gasteiger partial charge in [-0.25, -0.2) is 9.97 Å². The number of methoxy groups -OCH3 is 1. The van der Waals surface area contributed by atoms with Crippen molar-refractivity contribution in [2.24, 2.45) is 0 Å². The van der Waals surface area contributed by atoms with E-state index in [1.807, 2.05) is 0 Å². The van der Waals surface area contributed by atoms with Crippen LogP contribution in [0.25, 0.3) is 11.4 Å². The number of benzene rings is 1. The Bertz CT molecular complexity index is 1470. The lowest BCUT2D eigenvalue weighted by Crippen LogP contribution is -2.44. The first-order chi connectivity index (χ1) is 19.2. The highest BCUT2D eigenvalue weighted by atomic mass is 16.5. The van der Waals surface area contributed by atoms with Crippen molar-refractivity contribution in [1.29, 1.82) is 0 Å². The fraction of sp³-hybridized carbons (Fsp3) is 0.276. The zero-order valence-electron chi connectivity index (χ0n) is 22.8. The Labute approximate surface area is 232 Å². The van der Waals surface area contributed by atoms with Crippen LogP contribution in [0.15, 0.2) is 67.1 Å². The number of anilines is 1. The van der Waals surface area contributed by atoms with E-state index in [2.05, 4.69) is 44.4 Å². The van der Waals surface area contributed by atoms with Crippen molar-refractivity contribution >= 4 is 17.6 Å². The molecule has 208 valence electrons. The van der Waals surface area contributed by atoms with E-state index in [0.717, 1.165) is 11.5 Å². The second-order valence-electron chi connectivity index (χ2n) is 9.77. The summed E-state index contributed by atoms with van der Waals surface area (Å²) in [6.07, 6.45) is 4.86. The second kappa shape index (κ2) is 12.4. The molecular formula is C29H32N6O5. The molecule has 4 N–H and O–H groups in total. The van der Waals surface area contributed by atoms with Gasteiger partial charge in [-0.2, -0.15) is 0 Å². The molecule has 0 fully saturated rings. The summed E-state index contributed by atoms with van der Waals surface area (Å²) in [5.41, 5.74) is 0.649. The fourth-order valence-electron chi connectivity index (χ4n) is 3.79. The molecule has 0 aliphatic carbocycles. The standard InChI is InChI=1S/C29H32N6O5/c1-18(2)27-32-16-23(34-27)22-13-19(11-12-30-22)40-20-9-10-25(31-15-20)35-26(37)14-29(3,39-4)17-33-28(38)21-7-5-6-8-24(21)36/h5-13,15-16,18,36H,14,17H2,1-4H3,(H,32,34)(H,33,38)(H,31,35,37). The quantitative estimate of drug-likeness (QED) is 0.213. The number of imidazole rings is 1. The van der Waals surface area contributed by atoms with Gasteiger partial charge in [0.25, 0.3) is 5.91 Å². The van der Waals surface area contributed by atoms with E-state index in [4.69, 9.17) is 9.47 Å². The van der Waals surface area contributed by atoms with Crippen molar-refractivity contribution in [3.05, 3.63) is 78.5 Å². The van der Waals surface area contributed by atoms with Gasteiger partial charge in [-0.15, -0.1) is 0 Å². The third-order valence-electron chi connectivity index (χ3n) is 6.19. The maximum atomic E-state index is 12.7. The van der Waals surface area contributed by atoms with E-state index in [1.165, 1.54) is 25.4 Å². The predicted molar refractivity (Wildman–Crippen MR) is 149 cm³/mol. The molecule has 3 aromatic heterocycles. The van der Waals surface area contributed by atoms with Gasteiger partial charge < -0.3 is 30.2 Å². The number of pyridine rings is 2. The lowest BCUT2D eigenvalue weighted by atomic mass is 10.0. The molecule has 0 saturated heterocycles. The summed E-state index contributed by atoms with van der Waals surface area (Å²) < 4.78 is 11.4. The lowest BCUT2D eigenvalue weighted by Gasteiger charge is -2.27. The average molecular weight is 545 g/mol. The summed E-state index contributed by atoms with van der Waals surface area (Å²) in [5.74, 6) is 1.61. The smallest absolute Gasteiger partial charge is 0.255 e.